The molecule has 0 aromatic carbocycles. The van der Waals surface area contributed by atoms with Crippen LogP contribution in [0.25, 0.3) is 10.6 Å². The van der Waals surface area contributed by atoms with Gasteiger partial charge in [0.1, 0.15) is 16.0 Å². The molecule has 0 radical (unpaired) electrons. The van der Waals surface area contributed by atoms with E-state index in [1.807, 2.05) is 0 Å². The minimum Gasteiger partial charge on any atom is -0.244 e. The van der Waals surface area contributed by atoms with E-state index >= 15 is 0 Å². The Balaban J connectivity index is 2.44. The van der Waals surface area contributed by atoms with Crippen molar-refractivity contribution in [2.24, 2.45) is 0 Å². The maximum atomic E-state index is 13.5. The summed E-state index contributed by atoms with van der Waals surface area (Å²) in [4.78, 5) is 3.80. The summed E-state index contributed by atoms with van der Waals surface area (Å²) in [5.41, 5.74) is 0.323. The number of rotatable bonds is 2. The van der Waals surface area contributed by atoms with Crippen LogP contribution in [0.15, 0.2) is 12.3 Å². The van der Waals surface area contributed by atoms with E-state index in [0.717, 1.165) is 11.1 Å². The molecule has 2 aromatic rings. The van der Waals surface area contributed by atoms with Crippen molar-refractivity contribution in [1.29, 1.82) is 0 Å². The first kappa shape index (κ1) is 10.9. The van der Waals surface area contributed by atoms with Crippen molar-refractivity contribution in [3.05, 3.63) is 28.2 Å². The molecule has 0 spiro atoms. The summed E-state index contributed by atoms with van der Waals surface area (Å²) in [6.07, 6.45) is 1.36. The minimum atomic E-state index is -0.438. The second-order valence-corrected chi connectivity index (χ2v) is 4.63. The highest BCUT2D eigenvalue weighted by molar-refractivity contribution is 9.08. The van der Waals surface area contributed by atoms with Crippen LogP contribution in [0.3, 0.4) is 0 Å². The summed E-state index contributed by atoms with van der Waals surface area (Å²) in [6, 6.07) is 1.16. The average molecular weight is 309 g/mol. The van der Waals surface area contributed by atoms with E-state index in [4.69, 9.17) is 11.6 Å². The molecule has 0 fully saturated rings. The van der Waals surface area contributed by atoms with Crippen LogP contribution < -0.4 is 0 Å². The molecule has 2 rings (SSSR count). The zero-order valence-electron chi connectivity index (χ0n) is 7.25. The molecule has 0 aliphatic heterocycles. The summed E-state index contributed by atoms with van der Waals surface area (Å²) in [5, 5.41) is 9.76. The molecule has 7 heteroatoms. The Kier molecular flexibility index (Phi) is 3.28. The summed E-state index contributed by atoms with van der Waals surface area (Å²) in [7, 11) is 0. The molecule has 2 heterocycles. The van der Waals surface area contributed by atoms with E-state index in [-0.39, 0.29) is 5.15 Å². The van der Waals surface area contributed by atoms with Crippen molar-refractivity contribution in [2.75, 3.05) is 0 Å². The van der Waals surface area contributed by atoms with Gasteiger partial charge in [-0.25, -0.2) is 9.37 Å². The van der Waals surface area contributed by atoms with Crippen LogP contribution in [0.5, 0.6) is 0 Å². The second kappa shape index (κ2) is 4.51. The number of alkyl halides is 1. The van der Waals surface area contributed by atoms with Gasteiger partial charge in [0.15, 0.2) is 5.01 Å². The van der Waals surface area contributed by atoms with Crippen molar-refractivity contribution in [3.63, 3.8) is 0 Å². The summed E-state index contributed by atoms with van der Waals surface area (Å²) < 4.78 is 13.5. The van der Waals surface area contributed by atoms with Crippen LogP contribution >= 0.6 is 38.9 Å². The van der Waals surface area contributed by atoms with Gasteiger partial charge < -0.3 is 0 Å². The van der Waals surface area contributed by atoms with Crippen LogP contribution in [-0.2, 0) is 5.33 Å². The fourth-order valence-corrected chi connectivity index (χ4v) is 2.28. The number of pyridine rings is 1. The molecule has 0 saturated carbocycles. The van der Waals surface area contributed by atoms with Gasteiger partial charge in [-0.1, -0.05) is 38.9 Å². The maximum absolute atomic E-state index is 13.5. The van der Waals surface area contributed by atoms with Gasteiger partial charge in [0.05, 0.1) is 10.9 Å². The molecular formula is C8H4BrClFN3S. The molecule has 3 nitrogen and oxygen atoms in total. The van der Waals surface area contributed by atoms with Crippen molar-refractivity contribution < 1.29 is 4.39 Å². The lowest BCUT2D eigenvalue weighted by molar-refractivity contribution is 0.629. The third-order valence-corrected chi connectivity index (χ3v) is 3.70. The van der Waals surface area contributed by atoms with Crippen LogP contribution in [0, 0.1) is 5.82 Å². The van der Waals surface area contributed by atoms with Gasteiger partial charge in [0, 0.05) is 12.3 Å². The Labute approximate surface area is 102 Å². The normalized spacial score (nSPS) is 10.6. The lowest BCUT2D eigenvalue weighted by Crippen LogP contribution is -1.86. The van der Waals surface area contributed by atoms with Crippen molar-refractivity contribution in [2.45, 2.75) is 5.33 Å². The molecule has 0 saturated heterocycles. The van der Waals surface area contributed by atoms with Gasteiger partial charge >= 0.3 is 0 Å². The van der Waals surface area contributed by atoms with Crippen LogP contribution in [-0.4, -0.2) is 15.2 Å². The zero-order valence-corrected chi connectivity index (χ0v) is 10.4. The lowest BCUT2D eigenvalue weighted by Gasteiger charge is -1.96. The Morgan fingerprint density at radius 3 is 2.87 bits per heavy atom. The number of aromatic nitrogens is 3. The molecule has 0 atom stereocenters. The largest absolute Gasteiger partial charge is 0.244 e. The van der Waals surface area contributed by atoms with E-state index in [1.165, 1.54) is 17.5 Å². The van der Waals surface area contributed by atoms with Crippen LogP contribution in [0.1, 0.15) is 5.01 Å². The van der Waals surface area contributed by atoms with E-state index in [2.05, 4.69) is 31.1 Å². The van der Waals surface area contributed by atoms with Gasteiger partial charge in [0.2, 0.25) is 0 Å². The Morgan fingerprint density at radius 1 is 1.47 bits per heavy atom. The highest BCUT2D eigenvalue weighted by Crippen LogP contribution is 2.27. The predicted octanol–water partition coefficient (Wildman–Crippen LogP) is 3.29. The predicted molar refractivity (Wildman–Crippen MR) is 60.7 cm³/mol. The molecule has 78 valence electrons. The van der Waals surface area contributed by atoms with Crippen molar-refractivity contribution >= 4 is 38.9 Å². The SMILES string of the molecule is Fc1cc(Cl)ncc1-c1nnc(CBr)s1. The number of nitrogens with zero attached hydrogens (tertiary/aromatic N) is 3. The quantitative estimate of drug-likeness (QED) is 0.631. The molecule has 0 aliphatic carbocycles. The molecule has 15 heavy (non-hydrogen) atoms. The number of hydrogen-bond donors (Lipinski definition) is 0. The van der Waals surface area contributed by atoms with Gasteiger partial charge in [-0.2, -0.15) is 0 Å². The Bertz CT molecular complexity index is 490. The number of halogens is 3. The van der Waals surface area contributed by atoms with Crippen molar-refractivity contribution in [1.82, 2.24) is 15.2 Å². The highest BCUT2D eigenvalue weighted by Gasteiger charge is 2.11. The van der Waals surface area contributed by atoms with E-state index < -0.39 is 5.82 Å². The average Bonchev–Trinajstić information content (AvgIpc) is 2.66. The standard InChI is InChI=1S/C8H4BrClFN3S/c9-2-7-13-14-8(15-7)4-3-12-6(10)1-5(4)11/h1,3H,2H2. The van der Waals surface area contributed by atoms with Crippen LogP contribution in [0.4, 0.5) is 4.39 Å². The molecule has 0 bridgehead atoms. The number of hydrogen-bond acceptors (Lipinski definition) is 4. The van der Waals surface area contributed by atoms with Gasteiger partial charge in [0.25, 0.3) is 0 Å². The molecule has 0 N–H and O–H groups in total. The summed E-state index contributed by atoms with van der Waals surface area (Å²) in [6.45, 7) is 0. The topological polar surface area (TPSA) is 38.7 Å². The van der Waals surface area contributed by atoms with Gasteiger partial charge in [-0.05, 0) is 0 Å². The van der Waals surface area contributed by atoms with E-state index in [9.17, 15) is 4.39 Å². The molecule has 0 aliphatic rings. The summed E-state index contributed by atoms with van der Waals surface area (Å²) >= 11 is 10.1. The Morgan fingerprint density at radius 2 is 2.27 bits per heavy atom. The van der Waals surface area contributed by atoms with E-state index in [0.29, 0.717) is 15.9 Å². The first-order chi connectivity index (χ1) is 7.20. The lowest BCUT2D eigenvalue weighted by atomic mass is 10.3. The smallest absolute Gasteiger partial charge is 0.152 e. The third-order valence-electron chi connectivity index (χ3n) is 1.63. The van der Waals surface area contributed by atoms with Gasteiger partial charge in [-0.15, -0.1) is 10.2 Å². The minimum absolute atomic E-state index is 0.126. The molecule has 0 amide bonds. The third kappa shape index (κ3) is 2.32. The molecule has 2 aromatic heterocycles. The van der Waals surface area contributed by atoms with Crippen molar-refractivity contribution in [3.8, 4) is 10.6 Å². The van der Waals surface area contributed by atoms with Crippen LogP contribution in [0.2, 0.25) is 5.15 Å². The second-order valence-electron chi connectivity index (χ2n) is 2.62. The summed E-state index contributed by atoms with van der Waals surface area (Å²) in [5.74, 6) is -0.438. The van der Waals surface area contributed by atoms with E-state index in [1.54, 1.807) is 0 Å². The molecular weight excluding hydrogens is 305 g/mol. The fourth-order valence-electron chi connectivity index (χ4n) is 0.981. The first-order valence-electron chi connectivity index (χ1n) is 3.90. The molecule has 0 unspecified atom stereocenters. The monoisotopic (exact) mass is 307 g/mol. The Hall–Kier alpha value is -0.590. The van der Waals surface area contributed by atoms with Gasteiger partial charge in [-0.3, -0.25) is 0 Å². The zero-order chi connectivity index (χ0) is 10.8. The fraction of sp³-hybridized carbons (Fsp3) is 0.125. The maximum Gasteiger partial charge on any atom is 0.152 e. The highest BCUT2D eigenvalue weighted by atomic mass is 79.9. The first-order valence-corrected chi connectivity index (χ1v) is 6.22.